The summed E-state index contributed by atoms with van der Waals surface area (Å²) in [7, 11) is 0. The van der Waals surface area contributed by atoms with Crippen LogP contribution in [0.5, 0.6) is 0 Å². The quantitative estimate of drug-likeness (QED) is 0.683. The number of rotatable bonds is 4. The third-order valence-electron chi connectivity index (χ3n) is 2.81. The Kier molecular flexibility index (Phi) is 5.18. The lowest BCUT2D eigenvalue weighted by atomic mass is 9.93. The first-order valence-corrected chi connectivity index (χ1v) is 8.81. The molecule has 0 aliphatic rings. The first kappa shape index (κ1) is 16.9. The molecule has 0 atom stereocenters. The zero-order chi connectivity index (χ0) is 16.3. The van der Waals surface area contributed by atoms with Crippen LogP contribution < -0.4 is 5.32 Å². The first-order valence-electron chi connectivity index (χ1n) is 6.95. The summed E-state index contributed by atoms with van der Waals surface area (Å²) in [5.74, 6) is 0.176. The van der Waals surface area contributed by atoms with Gasteiger partial charge in [-0.25, -0.2) is 15.0 Å². The normalized spacial score (nSPS) is 11.5. The van der Waals surface area contributed by atoms with Crippen LogP contribution >= 0.6 is 23.1 Å². The SMILES string of the molecule is Cc1cc(C)nc(SCC(=O)Nc2nc(C(C)(C)C)cs2)n1. The largest absolute Gasteiger partial charge is 0.301 e. The Morgan fingerprint density at radius 2 is 1.86 bits per heavy atom. The number of aryl methyl sites for hydroxylation is 2. The van der Waals surface area contributed by atoms with Crippen molar-refractivity contribution < 1.29 is 4.79 Å². The minimum Gasteiger partial charge on any atom is -0.301 e. The van der Waals surface area contributed by atoms with E-state index >= 15 is 0 Å². The van der Waals surface area contributed by atoms with Crippen molar-refractivity contribution in [2.75, 3.05) is 11.1 Å². The van der Waals surface area contributed by atoms with E-state index in [1.165, 1.54) is 23.1 Å². The number of thioether (sulfide) groups is 1. The molecule has 22 heavy (non-hydrogen) atoms. The molecule has 5 nitrogen and oxygen atoms in total. The Morgan fingerprint density at radius 3 is 2.41 bits per heavy atom. The van der Waals surface area contributed by atoms with E-state index in [1.807, 2.05) is 25.3 Å². The molecule has 0 saturated carbocycles. The lowest BCUT2D eigenvalue weighted by Crippen LogP contribution is -2.15. The molecule has 1 N–H and O–H groups in total. The van der Waals surface area contributed by atoms with Crippen molar-refractivity contribution in [1.82, 2.24) is 15.0 Å². The van der Waals surface area contributed by atoms with Crippen molar-refractivity contribution in [3.05, 3.63) is 28.5 Å². The van der Waals surface area contributed by atoms with Crippen LogP contribution in [-0.4, -0.2) is 26.6 Å². The van der Waals surface area contributed by atoms with Crippen LogP contribution in [0.4, 0.5) is 5.13 Å². The van der Waals surface area contributed by atoms with Gasteiger partial charge in [-0.2, -0.15) is 0 Å². The summed E-state index contributed by atoms with van der Waals surface area (Å²) in [6.07, 6.45) is 0. The average molecular weight is 336 g/mol. The average Bonchev–Trinajstić information content (AvgIpc) is 2.83. The highest BCUT2D eigenvalue weighted by atomic mass is 32.2. The Labute approximate surface area is 139 Å². The van der Waals surface area contributed by atoms with Gasteiger partial charge in [-0.3, -0.25) is 4.79 Å². The second kappa shape index (κ2) is 6.75. The fourth-order valence-corrected chi connectivity index (χ4v) is 3.42. The first-order chi connectivity index (χ1) is 10.2. The highest BCUT2D eigenvalue weighted by Gasteiger charge is 2.18. The van der Waals surface area contributed by atoms with Gasteiger partial charge in [0.25, 0.3) is 0 Å². The molecule has 2 aromatic rings. The molecule has 0 unspecified atom stereocenters. The van der Waals surface area contributed by atoms with Crippen molar-refractivity contribution in [2.24, 2.45) is 0 Å². The number of amides is 1. The molecular formula is C15H20N4OS2. The molecule has 0 bridgehead atoms. The van der Waals surface area contributed by atoms with Gasteiger partial charge >= 0.3 is 0 Å². The minimum absolute atomic E-state index is 0.0127. The van der Waals surface area contributed by atoms with E-state index in [0.717, 1.165) is 17.1 Å². The molecule has 0 fully saturated rings. The van der Waals surface area contributed by atoms with Gasteiger partial charge in [-0.15, -0.1) is 11.3 Å². The second-order valence-corrected chi connectivity index (χ2v) is 7.86. The number of carbonyl (C=O) groups is 1. The van der Waals surface area contributed by atoms with Crippen LogP contribution in [0.2, 0.25) is 0 Å². The molecule has 2 heterocycles. The molecule has 7 heteroatoms. The molecule has 2 aromatic heterocycles. The van der Waals surface area contributed by atoms with Crippen LogP contribution in [0.25, 0.3) is 0 Å². The Balaban J connectivity index is 1.92. The number of aromatic nitrogens is 3. The van der Waals surface area contributed by atoms with Crippen molar-refractivity contribution in [2.45, 2.75) is 45.2 Å². The maximum atomic E-state index is 12.0. The molecular weight excluding hydrogens is 316 g/mol. The Hall–Kier alpha value is -1.47. The third-order valence-corrected chi connectivity index (χ3v) is 4.42. The monoisotopic (exact) mass is 336 g/mol. The van der Waals surface area contributed by atoms with Crippen molar-refractivity contribution >= 4 is 34.1 Å². The molecule has 0 aromatic carbocycles. The molecule has 2 rings (SSSR count). The third kappa shape index (κ3) is 4.78. The lowest BCUT2D eigenvalue weighted by Gasteiger charge is -2.14. The van der Waals surface area contributed by atoms with Crippen molar-refractivity contribution in [3.8, 4) is 0 Å². The predicted molar refractivity (Wildman–Crippen MR) is 91.7 cm³/mol. The van der Waals surface area contributed by atoms with Crippen LogP contribution in [0.1, 0.15) is 37.9 Å². The zero-order valence-corrected chi connectivity index (χ0v) is 15.1. The van der Waals surface area contributed by atoms with Gasteiger partial charge < -0.3 is 5.32 Å². The van der Waals surface area contributed by atoms with Crippen LogP contribution in [0, 0.1) is 13.8 Å². The molecule has 1 amide bonds. The van der Waals surface area contributed by atoms with Gasteiger partial charge in [0.1, 0.15) is 0 Å². The molecule has 0 saturated heterocycles. The van der Waals surface area contributed by atoms with Gasteiger partial charge in [0, 0.05) is 22.2 Å². The molecule has 118 valence electrons. The molecule has 0 radical (unpaired) electrons. The van der Waals surface area contributed by atoms with Gasteiger partial charge in [-0.05, 0) is 19.9 Å². The van der Waals surface area contributed by atoms with Crippen LogP contribution in [0.3, 0.4) is 0 Å². The predicted octanol–water partition coefficient (Wildman–Crippen LogP) is 3.58. The maximum absolute atomic E-state index is 12.0. The van der Waals surface area contributed by atoms with Crippen LogP contribution in [0.15, 0.2) is 16.6 Å². The number of nitrogens with zero attached hydrogens (tertiary/aromatic N) is 3. The van der Waals surface area contributed by atoms with E-state index in [4.69, 9.17) is 0 Å². The number of anilines is 1. The fraction of sp³-hybridized carbons (Fsp3) is 0.467. The summed E-state index contributed by atoms with van der Waals surface area (Å²) < 4.78 is 0. The van der Waals surface area contributed by atoms with Crippen molar-refractivity contribution in [3.63, 3.8) is 0 Å². The van der Waals surface area contributed by atoms with E-state index in [1.54, 1.807) is 0 Å². The molecule has 0 aliphatic heterocycles. The van der Waals surface area contributed by atoms with Gasteiger partial charge in [0.15, 0.2) is 10.3 Å². The standard InChI is InChI=1S/C15H20N4OS2/c1-9-6-10(2)17-13(16-9)22-8-12(20)19-14-18-11(7-21-14)15(3,4)5/h6-7H,8H2,1-5H3,(H,18,19,20). The Morgan fingerprint density at radius 1 is 1.23 bits per heavy atom. The van der Waals surface area contributed by atoms with Gasteiger partial charge in [0.2, 0.25) is 5.91 Å². The van der Waals surface area contributed by atoms with E-state index < -0.39 is 0 Å². The minimum atomic E-state index is -0.0948. The number of hydrogen-bond donors (Lipinski definition) is 1. The van der Waals surface area contributed by atoms with E-state index in [9.17, 15) is 4.79 Å². The smallest absolute Gasteiger partial charge is 0.236 e. The maximum Gasteiger partial charge on any atom is 0.236 e. The summed E-state index contributed by atoms with van der Waals surface area (Å²) in [6, 6.07) is 1.91. The van der Waals surface area contributed by atoms with Gasteiger partial charge in [-0.1, -0.05) is 32.5 Å². The van der Waals surface area contributed by atoms with Crippen molar-refractivity contribution in [1.29, 1.82) is 0 Å². The second-order valence-electron chi connectivity index (χ2n) is 6.06. The number of carbonyl (C=O) groups excluding carboxylic acids is 1. The topological polar surface area (TPSA) is 67.8 Å². The summed E-state index contributed by atoms with van der Waals surface area (Å²) in [5, 5.41) is 6.07. The summed E-state index contributed by atoms with van der Waals surface area (Å²) >= 11 is 2.78. The number of hydrogen-bond acceptors (Lipinski definition) is 6. The molecule has 0 aliphatic carbocycles. The summed E-state index contributed by atoms with van der Waals surface area (Å²) in [5.41, 5.74) is 2.79. The molecule has 0 spiro atoms. The summed E-state index contributed by atoms with van der Waals surface area (Å²) in [4.78, 5) is 25.1. The number of nitrogens with one attached hydrogen (secondary N) is 1. The fourth-order valence-electron chi connectivity index (χ4n) is 1.72. The van der Waals surface area contributed by atoms with Crippen LogP contribution in [-0.2, 0) is 10.2 Å². The van der Waals surface area contributed by atoms with E-state index in [0.29, 0.717) is 10.3 Å². The highest BCUT2D eigenvalue weighted by molar-refractivity contribution is 7.99. The zero-order valence-electron chi connectivity index (χ0n) is 13.4. The lowest BCUT2D eigenvalue weighted by molar-refractivity contribution is -0.113. The van der Waals surface area contributed by atoms with E-state index in [2.05, 4.69) is 41.0 Å². The summed E-state index contributed by atoms with van der Waals surface area (Å²) in [6.45, 7) is 10.1. The highest BCUT2D eigenvalue weighted by Crippen LogP contribution is 2.26. The Bertz CT molecular complexity index is 656. The number of thiazole rings is 1. The van der Waals surface area contributed by atoms with Gasteiger partial charge in [0.05, 0.1) is 11.4 Å². The van der Waals surface area contributed by atoms with E-state index in [-0.39, 0.29) is 17.1 Å².